The molecule has 0 atom stereocenters. The fraction of sp³-hybridized carbons (Fsp3) is 0.667. The molecule has 1 aromatic rings. The maximum atomic E-state index is 4.27. The maximum absolute atomic E-state index is 4.27. The van der Waals surface area contributed by atoms with E-state index in [4.69, 9.17) is 0 Å². The van der Waals surface area contributed by atoms with Crippen LogP contribution in [-0.2, 0) is 13.6 Å². The molecular weight excluding hydrogens is 230 g/mol. The third-order valence-electron chi connectivity index (χ3n) is 1.81. The minimum Gasteiger partial charge on any atom is -0.311 e. The third-order valence-corrected chi connectivity index (χ3v) is 2.37. The lowest BCUT2D eigenvalue weighted by Gasteiger charge is -2.00. The van der Waals surface area contributed by atoms with Crippen molar-refractivity contribution in [2.24, 2.45) is 7.05 Å². The summed E-state index contributed by atoms with van der Waals surface area (Å²) in [5.74, 6) is 0. The Labute approximate surface area is 87.6 Å². The summed E-state index contributed by atoms with van der Waals surface area (Å²) in [5.41, 5.74) is 1.11. The predicted octanol–water partition coefficient (Wildman–Crippen LogP) is 1.68. The van der Waals surface area contributed by atoms with Crippen molar-refractivity contribution in [1.29, 1.82) is 0 Å². The van der Waals surface area contributed by atoms with E-state index in [2.05, 4.69) is 26.3 Å². The number of hydrogen-bond acceptors (Lipinski definition) is 2. The smallest absolute Gasteiger partial charge is 0.0762 e. The van der Waals surface area contributed by atoms with Crippen molar-refractivity contribution in [2.45, 2.75) is 19.4 Å². The molecule has 1 rings (SSSR count). The Hall–Kier alpha value is -0.350. The van der Waals surface area contributed by atoms with E-state index >= 15 is 0 Å². The third kappa shape index (κ3) is 4.43. The van der Waals surface area contributed by atoms with Crippen molar-refractivity contribution in [1.82, 2.24) is 15.1 Å². The van der Waals surface area contributed by atoms with Gasteiger partial charge in [-0.25, -0.2) is 0 Å². The number of rotatable bonds is 6. The van der Waals surface area contributed by atoms with Gasteiger partial charge in [0.05, 0.1) is 5.69 Å². The largest absolute Gasteiger partial charge is 0.311 e. The van der Waals surface area contributed by atoms with E-state index in [1.165, 1.54) is 12.8 Å². The van der Waals surface area contributed by atoms with Gasteiger partial charge in [0, 0.05) is 25.1 Å². The summed E-state index contributed by atoms with van der Waals surface area (Å²) in [6.07, 6.45) is 4.42. The minimum absolute atomic E-state index is 0.878. The number of nitrogens with zero attached hydrogens (tertiary/aromatic N) is 2. The summed E-state index contributed by atoms with van der Waals surface area (Å²) in [7, 11) is 1.94. The number of unbranched alkanes of at least 4 members (excludes halogenated alkanes) is 1. The van der Waals surface area contributed by atoms with Crippen molar-refractivity contribution < 1.29 is 0 Å². The summed E-state index contributed by atoms with van der Waals surface area (Å²) in [6.45, 7) is 1.95. The molecule has 0 unspecified atom stereocenters. The highest BCUT2D eigenvalue weighted by Gasteiger charge is 1.94. The minimum atomic E-state index is 0.878. The molecule has 0 amide bonds. The van der Waals surface area contributed by atoms with Crippen molar-refractivity contribution in [3.8, 4) is 0 Å². The summed E-state index contributed by atoms with van der Waals surface area (Å²) < 4.78 is 1.83. The first-order valence-corrected chi connectivity index (χ1v) is 5.70. The Morgan fingerprint density at radius 3 is 3.00 bits per heavy atom. The van der Waals surface area contributed by atoms with Crippen LogP contribution in [0.1, 0.15) is 18.5 Å². The average Bonchev–Trinajstić information content (AvgIpc) is 2.51. The molecule has 1 aromatic heterocycles. The molecule has 0 saturated heterocycles. The fourth-order valence-electron chi connectivity index (χ4n) is 1.12. The molecule has 1 heterocycles. The zero-order valence-electron chi connectivity index (χ0n) is 7.96. The summed E-state index contributed by atoms with van der Waals surface area (Å²) in [4.78, 5) is 0. The average molecular weight is 246 g/mol. The maximum Gasteiger partial charge on any atom is 0.0762 e. The molecule has 13 heavy (non-hydrogen) atoms. The molecule has 0 spiro atoms. The molecule has 4 heteroatoms. The quantitative estimate of drug-likeness (QED) is 0.611. The van der Waals surface area contributed by atoms with Crippen LogP contribution in [0.2, 0.25) is 0 Å². The van der Waals surface area contributed by atoms with Crippen LogP contribution in [0.15, 0.2) is 12.3 Å². The first kappa shape index (κ1) is 10.7. The highest BCUT2D eigenvalue weighted by molar-refractivity contribution is 9.09. The van der Waals surface area contributed by atoms with E-state index in [9.17, 15) is 0 Å². The molecule has 74 valence electrons. The van der Waals surface area contributed by atoms with Crippen LogP contribution in [0.5, 0.6) is 0 Å². The molecule has 0 aliphatic heterocycles. The standard InChI is InChI=1S/C9H16BrN3/c1-13-7-4-9(12-13)8-11-6-3-2-5-10/h4,7,11H,2-3,5-6,8H2,1H3. The molecule has 0 aliphatic rings. The first-order valence-electron chi connectivity index (χ1n) is 4.58. The fourth-order valence-corrected chi connectivity index (χ4v) is 1.51. The zero-order chi connectivity index (χ0) is 9.52. The molecule has 1 N–H and O–H groups in total. The van der Waals surface area contributed by atoms with Gasteiger partial charge in [-0.05, 0) is 25.5 Å². The van der Waals surface area contributed by atoms with Crippen LogP contribution < -0.4 is 5.32 Å². The second kappa shape index (κ2) is 6.16. The van der Waals surface area contributed by atoms with Gasteiger partial charge in [0.25, 0.3) is 0 Å². The molecule has 0 aliphatic carbocycles. The lowest BCUT2D eigenvalue weighted by Crippen LogP contribution is -2.15. The lowest BCUT2D eigenvalue weighted by atomic mass is 10.3. The van der Waals surface area contributed by atoms with Gasteiger partial charge in [0.1, 0.15) is 0 Å². The number of nitrogens with one attached hydrogen (secondary N) is 1. The Bertz CT molecular complexity index is 235. The van der Waals surface area contributed by atoms with Crippen molar-refractivity contribution in [2.75, 3.05) is 11.9 Å². The zero-order valence-corrected chi connectivity index (χ0v) is 9.55. The monoisotopic (exact) mass is 245 g/mol. The van der Waals surface area contributed by atoms with Gasteiger partial charge < -0.3 is 5.32 Å². The van der Waals surface area contributed by atoms with Crippen LogP contribution in [0, 0.1) is 0 Å². The molecular formula is C9H16BrN3. The lowest BCUT2D eigenvalue weighted by molar-refractivity contribution is 0.625. The molecule has 0 bridgehead atoms. The van der Waals surface area contributed by atoms with Gasteiger partial charge in [0.15, 0.2) is 0 Å². The molecule has 0 aromatic carbocycles. The van der Waals surface area contributed by atoms with Crippen molar-refractivity contribution in [3.63, 3.8) is 0 Å². The summed E-state index contributed by atoms with van der Waals surface area (Å²) >= 11 is 3.41. The van der Waals surface area contributed by atoms with Gasteiger partial charge in [-0.1, -0.05) is 15.9 Å². The van der Waals surface area contributed by atoms with E-state index in [0.29, 0.717) is 0 Å². The second-order valence-corrected chi connectivity index (χ2v) is 3.85. The van der Waals surface area contributed by atoms with Gasteiger partial charge in [-0.3, -0.25) is 4.68 Å². The van der Waals surface area contributed by atoms with Gasteiger partial charge >= 0.3 is 0 Å². The van der Waals surface area contributed by atoms with E-state index in [0.717, 1.165) is 24.1 Å². The Balaban J connectivity index is 2.06. The predicted molar refractivity (Wildman–Crippen MR) is 57.9 cm³/mol. The van der Waals surface area contributed by atoms with Crippen LogP contribution in [0.3, 0.4) is 0 Å². The number of hydrogen-bond donors (Lipinski definition) is 1. The van der Waals surface area contributed by atoms with Gasteiger partial charge in [-0.15, -0.1) is 0 Å². The Morgan fingerprint density at radius 1 is 1.54 bits per heavy atom. The molecule has 0 fully saturated rings. The number of alkyl halides is 1. The Morgan fingerprint density at radius 2 is 2.38 bits per heavy atom. The number of aromatic nitrogens is 2. The highest BCUT2D eigenvalue weighted by atomic mass is 79.9. The van der Waals surface area contributed by atoms with Crippen molar-refractivity contribution >= 4 is 15.9 Å². The second-order valence-electron chi connectivity index (χ2n) is 3.05. The van der Waals surface area contributed by atoms with E-state index in [1.807, 2.05) is 24.0 Å². The normalized spacial score (nSPS) is 10.6. The van der Waals surface area contributed by atoms with Crippen LogP contribution in [0.4, 0.5) is 0 Å². The molecule has 0 radical (unpaired) electrons. The SMILES string of the molecule is Cn1ccc(CNCCCCBr)n1. The van der Waals surface area contributed by atoms with Crippen LogP contribution in [0.25, 0.3) is 0 Å². The van der Waals surface area contributed by atoms with Crippen molar-refractivity contribution in [3.05, 3.63) is 18.0 Å². The molecule has 3 nitrogen and oxygen atoms in total. The summed E-state index contributed by atoms with van der Waals surface area (Å²) in [5, 5.41) is 8.72. The van der Waals surface area contributed by atoms with Crippen LogP contribution in [-0.4, -0.2) is 21.7 Å². The number of aryl methyl sites for hydroxylation is 1. The van der Waals surface area contributed by atoms with Gasteiger partial charge in [-0.2, -0.15) is 5.10 Å². The summed E-state index contributed by atoms with van der Waals surface area (Å²) in [6, 6.07) is 2.04. The first-order chi connectivity index (χ1) is 6.33. The Kier molecular flexibility index (Phi) is 5.08. The van der Waals surface area contributed by atoms with E-state index in [-0.39, 0.29) is 0 Å². The highest BCUT2D eigenvalue weighted by Crippen LogP contribution is 1.95. The number of halogens is 1. The van der Waals surface area contributed by atoms with E-state index < -0.39 is 0 Å². The molecule has 0 saturated carbocycles. The van der Waals surface area contributed by atoms with Gasteiger partial charge in [0.2, 0.25) is 0 Å². The van der Waals surface area contributed by atoms with Crippen LogP contribution >= 0.6 is 15.9 Å². The topological polar surface area (TPSA) is 29.9 Å². The van der Waals surface area contributed by atoms with E-state index in [1.54, 1.807) is 0 Å².